The number of nitrogens with one attached hydrogen (secondary N) is 2. The molecule has 4 aromatic rings. The zero-order valence-corrected chi connectivity index (χ0v) is 17.7. The first-order valence-corrected chi connectivity index (χ1v) is 10.9. The van der Waals surface area contributed by atoms with Crippen molar-refractivity contribution in [3.05, 3.63) is 96.6 Å². The zero-order chi connectivity index (χ0) is 21.8. The van der Waals surface area contributed by atoms with E-state index in [1.54, 1.807) is 6.33 Å². The molecule has 0 radical (unpaired) electrons. The highest BCUT2D eigenvalue weighted by atomic mass is 16.2. The van der Waals surface area contributed by atoms with E-state index in [9.17, 15) is 4.79 Å². The molecular weight excluding hydrogens is 398 g/mol. The van der Waals surface area contributed by atoms with Gasteiger partial charge in [0.2, 0.25) is 0 Å². The predicted molar refractivity (Wildman–Crippen MR) is 125 cm³/mol. The molecule has 1 aliphatic heterocycles. The molecule has 6 heteroatoms. The zero-order valence-electron chi connectivity index (χ0n) is 17.7. The largest absolute Gasteiger partial charge is 0.340 e. The average molecular weight is 424 g/mol. The molecule has 3 heterocycles. The third kappa shape index (κ3) is 4.05. The normalized spacial score (nSPS) is 16.1. The number of rotatable bonds is 5. The summed E-state index contributed by atoms with van der Waals surface area (Å²) in [5, 5.41) is 3.46. The van der Waals surface area contributed by atoms with Crippen molar-refractivity contribution in [2.45, 2.75) is 12.5 Å². The van der Waals surface area contributed by atoms with E-state index in [1.807, 2.05) is 71.8 Å². The van der Waals surface area contributed by atoms with E-state index in [4.69, 9.17) is 0 Å². The number of hydrogen-bond acceptors (Lipinski definition) is 4. The van der Waals surface area contributed by atoms with Gasteiger partial charge in [0.1, 0.15) is 11.4 Å². The Bertz CT molecular complexity index is 1190. The molecule has 1 fully saturated rings. The monoisotopic (exact) mass is 423 g/mol. The number of aromatic amines is 1. The molecule has 5 rings (SSSR count). The Kier molecular flexibility index (Phi) is 5.77. The van der Waals surface area contributed by atoms with Crippen molar-refractivity contribution in [3.8, 4) is 22.5 Å². The lowest BCUT2D eigenvalue weighted by molar-refractivity contribution is 0.0631. The van der Waals surface area contributed by atoms with Gasteiger partial charge in [-0.1, -0.05) is 60.7 Å². The topological polar surface area (TPSA) is 73.9 Å². The molecule has 1 amide bonds. The minimum atomic E-state index is -0.0110. The molecule has 0 aliphatic carbocycles. The van der Waals surface area contributed by atoms with Crippen LogP contribution in [0.5, 0.6) is 0 Å². The number of imidazole rings is 1. The summed E-state index contributed by atoms with van der Waals surface area (Å²) >= 11 is 0. The number of aromatic nitrogens is 3. The van der Waals surface area contributed by atoms with Crippen molar-refractivity contribution in [1.29, 1.82) is 0 Å². The molecule has 0 bridgehead atoms. The third-order valence-electron chi connectivity index (χ3n) is 5.93. The van der Waals surface area contributed by atoms with Gasteiger partial charge in [-0.25, -0.2) is 4.98 Å². The highest BCUT2D eigenvalue weighted by Gasteiger charge is 2.30. The standard InChI is InChI=1S/C26H25N5O/c32-26(25-24(29-18-30-25)19-8-2-1-3-9-19)31-15-14-27-17-21(31)16-20-10-4-5-11-22(20)23-12-6-7-13-28-23/h1-13,18,21,27H,14-17H2,(H,29,30)/t21-/m1/s1. The van der Waals surface area contributed by atoms with Crippen LogP contribution in [0.4, 0.5) is 0 Å². The number of benzene rings is 2. The van der Waals surface area contributed by atoms with Gasteiger partial charge in [0.15, 0.2) is 0 Å². The molecule has 1 atom stereocenters. The lowest BCUT2D eigenvalue weighted by Gasteiger charge is -2.36. The van der Waals surface area contributed by atoms with Crippen molar-refractivity contribution in [3.63, 3.8) is 0 Å². The summed E-state index contributed by atoms with van der Waals surface area (Å²) in [7, 11) is 0. The van der Waals surface area contributed by atoms with Crippen LogP contribution in [0.2, 0.25) is 0 Å². The maximum absolute atomic E-state index is 13.6. The summed E-state index contributed by atoms with van der Waals surface area (Å²) in [4.78, 5) is 27.7. The second kappa shape index (κ2) is 9.16. The van der Waals surface area contributed by atoms with Crippen LogP contribution in [0.15, 0.2) is 85.3 Å². The van der Waals surface area contributed by atoms with Gasteiger partial charge in [0.05, 0.1) is 12.0 Å². The number of hydrogen-bond donors (Lipinski definition) is 2. The predicted octanol–water partition coefficient (Wildman–Crippen LogP) is 3.80. The van der Waals surface area contributed by atoms with Gasteiger partial charge in [-0.2, -0.15) is 0 Å². The Morgan fingerprint density at radius 3 is 2.62 bits per heavy atom. The summed E-state index contributed by atoms with van der Waals surface area (Å²) in [6, 6.07) is 24.1. The van der Waals surface area contributed by atoms with Gasteiger partial charge < -0.3 is 15.2 Å². The van der Waals surface area contributed by atoms with E-state index >= 15 is 0 Å². The maximum atomic E-state index is 13.6. The molecule has 2 aromatic carbocycles. The molecule has 160 valence electrons. The molecule has 1 saturated heterocycles. The summed E-state index contributed by atoms with van der Waals surface area (Å²) in [5.74, 6) is -0.0110. The summed E-state index contributed by atoms with van der Waals surface area (Å²) < 4.78 is 0. The number of amides is 1. The number of H-pyrrole nitrogens is 1. The molecule has 32 heavy (non-hydrogen) atoms. The number of nitrogens with zero attached hydrogens (tertiary/aromatic N) is 3. The first-order chi connectivity index (χ1) is 15.8. The van der Waals surface area contributed by atoms with Crippen molar-refractivity contribution < 1.29 is 4.79 Å². The molecular formula is C26H25N5O. The Hall–Kier alpha value is -3.77. The molecule has 2 aromatic heterocycles. The number of piperazine rings is 1. The van der Waals surface area contributed by atoms with Crippen LogP contribution in [-0.4, -0.2) is 51.4 Å². The number of carbonyl (C=O) groups excluding carboxylic acids is 1. The Labute approximate surface area is 187 Å². The van der Waals surface area contributed by atoms with Crippen molar-refractivity contribution in [2.24, 2.45) is 0 Å². The molecule has 0 unspecified atom stereocenters. The van der Waals surface area contributed by atoms with Crippen LogP contribution >= 0.6 is 0 Å². The van der Waals surface area contributed by atoms with Crippen molar-refractivity contribution in [1.82, 2.24) is 25.2 Å². The molecule has 6 nitrogen and oxygen atoms in total. The second-order valence-electron chi connectivity index (χ2n) is 7.92. The van der Waals surface area contributed by atoms with Crippen molar-refractivity contribution >= 4 is 5.91 Å². The van der Waals surface area contributed by atoms with Crippen LogP contribution < -0.4 is 5.32 Å². The van der Waals surface area contributed by atoms with Crippen LogP contribution in [0.3, 0.4) is 0 Å². The number of carbonyl (C=O) groups is 1. The fraction of sp³-hybridized carbons (Fsp3) is 0.192. The summed E-state index contributed by atoms with van der Waals surface area (Å²) in [5.41, 5.74) is 5.42. The Balaban J connectivity index is 1.43. The Morgan fingerprint density at radius 1 is 0.969 bits per heavy atom. The Morgan fingerprint density at radius 2 is 1.78 bits per heavy atom. The van der Waals surface area contributed by atoms with Gasteiger partial charge >= 0.3 is 0 Å². The van der Waals surface area contributed by atoms with E-state index < -0.39 is 0 Å². The highest BCUT2D eigenvalue weighted by molar-refractivity contribution is 5.98. The minimum Gasteiger partial charge on any atom is -0.340 e. The van der Waals surface area contributed by atoms with Crippen LogP contribution in [0.1, 0.15) is 16.1 Å². The minimum absolute atomic E-state index is 0.0110. The molecule has 0 saturated carbocycles. The SMILES string of the molecule is O=C(c1[nH]cnc1-c1ccccc1)N1CCNC[C@H]1Cc1ccccc1-c1ccccn1. The number of pyridine rings is 1. The van der Waals surface area contributed by atoms with Crippen LogP contribution in [0.25, 0.3) is 22.5 Å². The van der Waals surface area contributed by atoms with Gasteiger partial charge in [0.25, 0.3) is 5.91 Å². The maximum Gasteiger partial charge on any atom is 0.272 e. The van der Waals surface area contributed by atoms with Gasteiger partial charge in [-0.05, 0) is 24.1 Å². The fourth-order valence-corrected chi connectivity index (χ4v) is 4.35. The van der Waals surface area contributed by atoms with Crippen LogP contribution in [-0.2, 0) is 6.42 Å². The summed E-state index contributed by atoms with van der Waals surface area (Å²) in [6.45, 7) is 2.18. The average Bonchev–Trinajstić information content (AvgIpc) is 3.36. The van der Waals surface area contributed by atoms with E-state index in [0.29, 0.717) is 17.9 Å². The van der Waals surface area contributed by atoms with Gasteiger partial charge in [-0.15, -0.1) is 0 Å². The smallest absolute Gasteiger partial charge is 0.272 e. The molecule has 2 N–H and O–H groups in total. The first kappa shape index (κ1) is 20.2. The molecule has 1 aliphatic rings. The second-order valence-corrected chi connectivity index (χ2v) is 7.92. The van der Waals surface area contributed by atoms with Crippen molar-refractivity contribution in [2.75, 3.05) is 19.6 Å². The van der Waals surface area contributed by atoms with Gasteiger partial charge in [0, 0.05) is 43.0 Å². The van der Waals surface area contributed by atoms with Gasteiger partial charge in [-0.3, -0.25) is 9.78 Å². The highest BCUT2D eigenvalue weighted by Crippen LogP contribution is 2.26. The van der Waals surface area contributed by atoms with Crippen LogP contribution in [0, 0.1) is 0 Å². The first-order valence-electron chi connectivity index (χ1n) is 10.9. The third-order valence-corrected chi connectivity index (χ3v) is 5.93. The quantitative estimate of drug-likeness (QED) is 0.512. The van der Waals surface area contributed by atoms with E-state index in [-0.39, 0.29) is 11.9 Å². The van der Waals surface area contributed by atoms with E-state index in [1.165, 1.54) is 5.56 Å². The summed E-state index contributed by atoms with van der Waals surface area (Å²) in [6.07, 6.45) is 4.16. The lowest BCUT2D eigenvalue weighted by Crippen LogP contribution is -2.54. The fourth-order valence-electron chi connectivity index (χ4n) is 4.35. The van der Waals surface area contributed by atoms with E-state index in [2.05, 4.69) is 32.4 Å². The lowest BCUT2D eigenvalue weighted by atomic mass is 9.96. The van der Waals surface area contributed by atoms with E-state index in [0.717, 1.165) is 36.3 Å². The molecule has 0 spiro atoms.